The number of amides is 1. The zero-order valence-corrected chi connectivity index (χ0v) is 11.1. The molecule has 0 saturated heterocycles. The normalized spacial score (nSPS) is 23.2. The highest BCUT2D eigenvalue weighted by Crippen LogP contribution is 2.19. The molecule has 1 heterocycles. The number of nitrogens with zero attached hydrogens (tertiary/aromatic N) is 1. The van der Waals surface area contributed by atoms with Crippen LogP contribution in [0.1, 0.15) is 42.6 Å². The summed E-state index contributed by atoms with van der Waals surface area (Å²) in [7, 11) is 0. The Bertz CT molecular complexity index is 372. The second kappa shape index (κ2) is 7.25. The van der Waals surface area contributed by atoms with Crippen LogP contribution in [0.5, 0.6) is 0 Å². The van der Waals surface area contributed by atoms with Gasteiger partial charge in [-0.3, -0.25) is 4.79 Å². The molecule has 4 N–H and O–H groups in total. The third kappa shape index (κ3) is 4.65. The molecule has 19 heavy (non-hydrogen) atoms. The summed E-state index contributed by atoms with van der Waals surface area (Å²) in [5.74, 6) is -0.124. The Balaban J connectivity index is 1.51. The molecule has 6 nitrogen and oxygen atoms in total. The van der Waals surface area contributed by atoms with Crippen LogP contribution >= 0.6 is 0 Å². The van der Waals surface area contributed by atoms with Gasteiger partial charge in [-0.2, -0.15) is 0 Å². The lowest BCUT2D eigenvalue weighted by Crippen LogP contribution is -2.31. The van der Waals surface area contributed by atoms with Crippen LogP contribution in [-0.2, 0) is 4.74 Å². The molecular formula is C13H22N4O2. The minimum absolute atomic E-state index is 0.124. The van der Waals surface area contributed by atoms with Crippen molar-refractivity contribution in [3.05, 3.63) is 18.2 Å². The second-order valence-corrected chi connectivity index (χ2v) is 4.98. The maximum absolute atomic E-state index is 11.6. The minimum atomic E-state index is -0.124. The molecule has 1 fully saturated rings. The van der Waals surface area contributed by atoms with Crippen molar-refractivity contribution in [3.8, 4) is 0 Å². The summed E-state index contributed by atoms with van der Waals surface area (Å²) >= 11 is 0. The van der Waals surface area contributed by atoms with Crippen molar-refractivity contribution in [2.75, 3.05) is 13.2 Å². The Morgan fingerprint density at radius 2 is 2.26 bits per heavy atom. The third-order valence-corrected chi connectivity index (χ3v) is 3.42. The monoisotopic (exact) mass is 266 g/mol. The number of carbonyl (C=O) groups excluding carboxylic acids is 1. The molecule has 1 amide bonds. The second-order valence-electron chi connectivity index (χ2n) is 4.98. The summed E-state index contributed by atoms with van der Waals surface area (Å²) in [6, 6.07) is 0.355. The Hall–Kier alpha value is -1.40. The van der Waals surface area contributed by atoms with E-state index in [1.54, 1.807) is 0 Å². The van der Waals surface area contributed by atoms with Crippen molar-refractivity contribution in [3.63, 3.8) is 0 Å². The van der Waals surface area contributed by atoms with E-state index in [0.717, 1.165) is 32.1 Å². The molecular weight excluding hydrogens is 244 g/mol. The highest BCUT2D eigenvalue weighted by atomic mass is 16.5. The van der Waals surface area contributed by atoms with Crippen LogP contribution in [0.2, 0.25) is 0 Å². The quantitative estimate of drug-likeness (QED) is 0.664. The molecule has 0 aromatic carbocycles. The van der Waals surface area contributed by atoms with Gasteiger partial charge < -0.3 is 20.8 Å². The van der Waals surface area contributed by atoms with Crippen molar-refractivity contribution in [1.29, 1.82) is 0 Å². The van der Waals surface area contributed by atoms with Gasteiger partial charge in [0.2, 0.25) is 0 Å². The number of imidazole rings is 1. The van der Waals surface area contributed by atoms with Crippen molar-refractivity contribution in [2.45, 2.75) is 44.2 Å². The molecule has 0 aliphatic heterocycles. The fourth-order valence-electron chi connectivity index (χ4n) is 2.25. The molecule has 1 aliphatic carbocycles. The first-order valence-electron chi connectivity index (χ1n) is 6.89. The van der Waals surface area contributed by atoms with Gasteiger partial charge >= 0.3 is 0 Å². The van der Waals surface area contributed by atoms with Crippen molar-refractivity contribution in [1.82, 2.24) is 15.3 Å². The van der Waals surface area contributed by atoms with Gasteiger partial charge in [0, 0.05) is 19.2 Å². The molecule has 106 valence electrons. The summed E-state index contributed by atoms with van der Waals surface area (Å²) < 4.78 is 5.78. The Morgan fingerprint density at radius 3 is 2.95 bits per heavy atom. The van der Waals surface area contributed by atoms with Crippen LogP contribution in [0.3, 0.4) is 0 Å². The van der Waals surface area contributed by atoms with Gasteiger partial charge in [-0.05, 0) is 32.1 Å². The molecule has 0 radical (unpaired) electrons. The van der Waals surface area contributed by atoms with Gasteiger partial charge in [0.15, 0.2) is 0 Å². The number of carbonyl (C=O) groups is 1. The number of rotatable bonds is 6. The number of aromatic amines is 1. The highest BCUT2D eigenvalue weighted by Gasteiger charge is 2.18. The van der Waals surface area contributed by atoms with E-state index in [1.807, 2.05) is 0 Å². The Labute approximate surface area is 113 Å². The first kappa shape index (κ1) is 14.0. The lowest BCUT2D eigenvalue weighted by atomic mass is 9.94. The standard InChI is InChI=1S/C13H22N4O2/c14-10-2-4-11(5-3-10)19-7-1-6-16-13(18)12-8-15-9-17-12/h8-11H,1-7,14H2,(H,15,17)(H,16,18). The number of ether oxygens (including phenoxy) is 1. The van der Waals surface area contributed by atoms with E-state index >= 15 is 0 Å². The van der Waals surface area contributed by atoms with Crippen molar-refractivity contribution >= 4 is 5.91 Å². The molecule has 0 atom stereocenters. The van der Waals surface area contributed by atoms with E-state index in [-0.39, 0.29) is 5.91 Å². The summed E-state index contributed by atoms with van der Waals surface area (Å²) in [6.07, 6.45) is 8.40. The minimum Gasteiger partial charge on any atom is -0.378 e. The van der Waals surface area contributed by atoms with Crippen LogP contribution < -0.4 is 11.1 Å². The number of aromatic nitrogens is 2. The van der Waals surface area contributed by atoms with E-state index in [0.29, 0.717) is 31.0 Å². The average Bonchev–Trinajstić information content (AvgIpc) is 2.94. The van der Waals surface area contributed by atoms with E-state index < -0.39 is 0 Å². The number of H-pyrrole nitrogens is 1. The number of nitrogens with two attached hydrogens (primary N) is 1. The molecule has 0 spiro atoms. The summed E-state index contributed by atoms with van der Waals surface area (Å²) in [6.45, 7) is 1.30. The maximum Gasteiger partial charge on any atom is 0.269 e. The zero-order valence-electron chi connectivity index (χ0n) is 11.1. The van der Waals surface area contributed by atoms with Crippen molar-refractivity contribution in [2.24, 2.45) is 5.73 Å². The average molecular weight is 266 g/mol. The fraction of sp³-hybridized carbons (Fsp3) is 0.692. The summed E-state index contributed by atoms with van der Waals surface area (Å²) in [5.41, 5.74) is 6.33. The van der Waals surface area contributed by atoms with Crippen molar-refractivity contribution < 1.29 is 9.53 Å². The molecule has 6 heteroatoms. The summed E-state index contributed by atoms with van der Waals surface area (Å²) in [5, 5.41) is 2.82. The van der Waals surface area contributed by atoms with Gasteiger partial charge in [-0.15, -0.1) is 0 Å². The van der Waals surface area contributed by atoms with E-state index in [9.17, 15) is 4.79 Å². The van der Waals surface area contributed by atoms with Crippen LogP contribution in [0.4, 0.5) is 0 Å². The number of hydrogen-bond donors (Lipinski definition) is 3. The van der Waals surface area contributed by atoms with E-state index in [2.05, 4.69) is 15.3 Å². The molecule has 1 aromatic heterocycles. The Kier molecular flexibility index (Phi) is 5.35. The molecule has 1 aliphatic rings. The molecule has 1 aromatic rings. The topological polar surface area (TPSA) is 93.0 Å². The van der Waals surface area contributed by atoms with Gasteiger partial charge in [0.1, 0.15) is 5.69 Å². The smallest absolute Gasteiger partial charge is 0.269 e. The van der Waals surface area contributed by atoms with Gasteiger partial charge in [-0.25, -0.2) is 4.98 Å². The van der Waals surface area contributed by atoms with Crippen LogP contribution in [0, 0.1) is 0 Å². The lowest BCUT2D eigenvalue weighted by molar-refractivity contribution is 0.0241. The van der Waals surface area contributed by atoms with Gasteiger partial charge in [0.25, 0.3) is 5.91 Å². The molecule has 0 bridgehead atoms. The van der Waals surface area contributed by atoms with Crippen LogP contribution in [-0.4, -0.2) is 41.2 Å². The fourth-order valence-corrected chi connectivity index (χ4v) is 2.25. The SMILES string of the molecule is NC1CCC(OCCCNC(=O)c2cnc[nH]2)CC1. The van der Waals surface area contributed by atoms with E-state index in [4.69, 9.17) is 10.5 Å². The number of hydrogen-bond acceptors (Lipinski definition) is 4. The van der Waals surface area contributed by atoms with Gasteiger partial charge in [0.05, 0.1) is 18.6 Å². The predicted octanol–water partition coefficient (Wildman–Crippen LogP) is 0.816. The predicted molar refractivity (Wildman–Crippen MR) is 71.7 cm³/mol. The van der Waals surface area contributed by atoms with Gasteiger partial charge in [-0.1, -0.05) is 0 Å². The Morgan fingerprint density at radius 1 is 1.47 bits per heavy atom. The van der Waals surface area contributed by atoms with Crippen LogP contribution in [0.25, 0.3) is 0 Å². The number of nitrogens with one attached hydrogen (secondary N) is 2. The molecule has 2 rings (SSSR count). The third-order valence-electron chi connectivity index (χ3n) is 3.42. The lowest BCUT2D eigenvalue weighted by Gasteiger charge is -2.26. The first-order chi connectivity index (χ1) is 9.25. The van der Waals surface area contributed by atoms with E-state index in [1.165, 1.54) is 12.5 Å². The molecule has 0 unspecified atom stereocenters. The highest BCUT2D eigenvalue weighted by molar-refractivity contribution is 5.91. The maximum atomic E-state index is 11.6. The summed E-state index contributed by atoms with van der Waals surface area (Å²) in [4.78, 5) is 18.1. The first-order valence-corrected chi connectivity index (χ1v) is 6.89. The largest absolute Gasteiger partial charge is 0.378 e. The molecule has 1 saturated carbocycles. The van der Waals surface area contributed by atoms with Crippen LogP contribution in [0.15, 0.2) is 12.5 Å². The zero-order chi connectivity index (χ0) is 13.5.